The number of carbonyl (C=O) groups is 1. The quantitative estimate of drug-likeness (QED) is 0.861. The van der Waals surface area contributed by atoms with Gasteiger partial charge in [0.2, 0.25) is 5.91 Å². The molecule has 0 fully saturated rings. The number of ether oxygens (including phenoxy) is 1. The Labute approximate surface area is 149 Å². The lowest BCUT2D eigenvalue weighted by Crippen LogP contribution is -2.28. The van der Waals surface area contributed by atoms with Gasteiger partial charge in [-0.2, -0.15) is 5.26 Å². The van der Waals surface area contributed by atoms with Crippen molar-refractivity contribution in [3.8, 4) is 11.8 Å². The van der Waals surface area contributed by atoms with E-state index >= 15 is 0 Å². The lowest BCUT2D eigenvalue weighted by Gasteiger charge is -2.09. The first-order valence-corrected chi connectivity index (χ1v) is 9.12. The monoisotopic (exact) mass is 357 g/mol. The lowest BCUT2D eigenvalue weighted by molar-refractivity contribution is -0.116. The number of hydrogen-bond acceptors (Lipinski definition) is 5. The minimum absolute atomic E-state index is 0.115. The van der Waals surface area contributed by atoms with Crippen molar-refractivity contribution in [1.29, 1.82) is 5.26 Å². The highest BCUT2D eigenvalue weighted by atomic mass is 32.1. The van der Waals surface area contributed by atoms with Crippen LogP contribution in [0.15, 0.2) is 23.1 Å². The zero-order valence-corrected chi connectivity index (χ0v) is 14.8. The molecule has 0 saturated carbocycles. The van der Waals surface area contributed by atoms with Gasteiger partial charge in [-0.25, -0.2) is 0 Å². The molecule has 25 heavy (non-hydrogen) atoms. The first kappa shape index (κ1) is 17.2. The van der Waals surface area contributed by atoms with Crippen LogP contribution in [-0.4, -0.2) is 17.1 Å². The molecule has 3 rings (SSSR count). The first-order chi connectivity index (χ1) is 12.1. The van der Waals surface area contributed by atoms with E-state index < -0.39 is 0 Å². The second-order valence-corrected chi connectivity index (χ2v) is 6.98. The second-order valence-electron chi connectivity index (χ2n) is 5.88. The van der Waals surface area contributed by atoms with E-state index in [0.29, 0.717) is 17.2 Å². The third kappa shape index (κ3) is 3.59. The molecule has 1 amide bonds. The summed E-state index contributed by atoms with van der Waals surface area (Å²) in [5.41, 5.74) is 1.30. The number of amides is 1. The van der Waals surface area contributed by atoms with Gasteiger partial charge in [-0.3, -0.25) is 9.59 Å². The van der Waals surface area contributed by atoms with Crippen molar-refractivity contribution in [2.24, 2.45) is 0 Å². The molecule has 7 heteroatoms. The third-order valence-electron chi connectivity index (χ3n) is 4.05. The van der Waals surface area contributed by atoms with E-state index in [1.165, 1.54) is 20.8 Å². The summed E-state index contributed by atoms with van der Waals surface area (Å²) in [4.78, 5) is 25.8. The number of pyridine rings is 1. The summed E-state index contributed by atoms with van der Waals surface area (Å²) in [7, 11) is 0. The van der Waals surface area contributed by atoms with Gasteiger partial charge in [0.25, 0.3) is 5.56 Å². The highest BCUT2D eigenvalue weighted by Gasteiger charge is 2.23. The fourth-order valence-corrected chi connectivity index (χ4v) is 4.15. The van der Waals surface area contributed by atoms with Gasteiger partial charge in [0.15, 0.2) is 5.75 Å². The third-order valence-corrected chi connectivity index (χ3v) is 5.25. The number of nitrogens with one attached hydrogen (secondary N) is 1. The van der Waals surface area contributed by atoms with Gasteiger partial charge >= 0.3 is 0 Å². The average Bonchev–Trinajstić information content (AvgIpc) is 3.16. The van der Waals surface area contributed by atoms with Gasteiger partial charge in [0.05, 0.1) is 12.2 Å². The molecule has 0 atom stereocenters. The van der Waals surface area contributed by atoms with Gasteiger partial charge < -0.3 is 14.6 Å². The van der Waals surface area contributed by atoms with Crippen LogP contribution in [0.2, 0.25) is 0 Å². The van der Waals surface area contributed by atoms with Gasteiger partial charge in [-0.15, -0.1) is 11.3 Å². The van der Waals surface area contributed by atoms with E-state index in [4.69, 9.17) is 4.74 Å². The fraction of sp³-hybridized carbons (Fsp3) is 0.389. The van der Waals surface area contributed by atoms with Crippen molar-refractivity contribution in [2.45, 2.75) is 39.2 Å². The maximum absolute atomic E-state index is 12.3. The van der Waals surface area contributed by atoms with Crippen LogP contribution < -0.4 is 15.6 Å². The van der Waals surface area contributed by atoms with Crippen molar-refractivity contribution in [2.75, 3.05) is 11.9 Å². The molecule has 0 aliphatic heterocycles. The molecule has 1 N–H and O–H groups in total. The first-order valence-electron chi connectivity index (χ1n) is 8.30. The molecule has 2 heterocycles. The average molecular weight is 357 g/mol. The molecule has 6 nitrogen and oxygen atoms in total. The number of hydrogen-bond donors (Lipinski definition) is 1. The Kier molecular flexibility index (Phi) is 5.19. The van der Waals surface area contributed by atoms with Gasteiger partial charge in [0.1, 0.15) is 17.6 Å². The largest absolute Gasteiger partial charge is 0.488 e. The number of carbonyl (C=O) groups excluding carboxylic acids is 1. The van der Waals surface area contributed by atoms with Crippen LogP contribution in [0.3, 0.4) is 0 Å². The van der Waals surface area contributed by atoms with Crippen LogP contribution in [0.1, 0.15) is 35.8 Å². The van der Waals surface area contributed by atoms with Gasteiger partial charge in [0, 0.05) is 11.1 Å². The molecular weight excluding hydrogens is 338 g/mol. The van der Waals surface area contributed by atoms with Crippen molar-refractivity contribution in [3.05, 3.63) is 44.7 Å². The fourth-order valence-electron chi connectivity index (χ4n) is 2.89. The molecule has 1 aliphatic carbocycles. The van der Waals surface area contributed by atoms with Gasteiger partial charge in [-0.05, 0) is 43.4 Å². The number of aryl methyl sites for hydroxylation is 1. The minimum atomic E-state index is -0.333. The molecule has 0 bridgehead atoms. The Morgan fingerprint density at radius 3 is 3.08 bits per heavy atom. The second kappa shape index (κ2) is 7.53. The molecule has 0 radical (unpaired) electrons. The topological polar surface area (TPSA) is 84.1 Å². The zero-order chi connectivity index (χ0) is 17.8. The highest BCUT2D eigenvalue weighted by molar-refractivity contribution is 7.16. The van der Waals surface area contributed by atoms with Crippen molar-refractivity contribution in [3.63, 3.8) is 0 Å². The smallest absolute Gasteiger partial charge is 0.293 e. The number of thiophene rings is 1. The summed E-state index contributed by atoms with van der Waals surface area (Å²) >= 11 is 1.46. The highest BCUT2D eigenvalue weighted by Crippen LogP contribution is 2.38. The number of rotatable bonds is 6. The number of anilines is 1. The van der Waals surface area contributed by atoms with E-state index in [1.807, 2.05) is 6.92 Å². The van der Waals surface area contributed by atoms with Crippen LogP contribution in [0.4, 0.5) is 5.00 Å². The number of aromatic nitrogens is 1. The van der Waals surface area contributed by atoms with Crippen molar-refractivity contribution < 1.29 is 9.53 Å². The molecule has 0 aromatic carbocycles. The van der Waals surface area contributed by atoms with E-state index in [-0.39, 0.29) is 23.8 Å². The predicted octanol–water partition coefficient (Wildman–Crippen LogP) is 2.70. The van der Waals surface area contributed by atoms with Crippen LogP contribution >= 0.6 is 11.3 Å². The molecule has 0 saturated heterocycles. The normalized spacial score (nSPS) is 12.5. The lowest BCUT2D eigenvalue weighted by atomic mass is 10.1. The van der Waals surface area contributed by atoms with Crippen LogP contribution in [0.5, 0.6) is 5.75 Å². The Morgan fingerprint density at radius 1 is 1.48 bits per heavy atom. The maximum atomic E-state index is 12.3. The SMILES string of the molecule is CCCOc1cccn(CC(=O)Nc2sc3c(c2C#N)CCC3)c1=O. The maximum Gasteiger partial charge on any atom is 0.293 e. The number of fused-ring (bicyclic) bond motifs is 1. The predicted molar refractivity (Wildman–Crippen MR) is 96.2 cm³/mol. The molecule has 2 aromatic rings. The summed E-state index contributed by atoms with van der Waals surface area (Å²) in [5.74, 6) is -0.0869. The minimum Gasteiger partial charge on any atom is -0.488 e. The standard InChI is InChI=1S/C18H19N3O3S/c1-2-9-24-14-6-4-8-21(18(14)23)11-16(22)20-17-13(10-19)12-5-3-7-15(12)25-17/h4,6,8H,2-3,5,7,9,11H2,1H3,(H,20,22). The molecule has 130 valence electrons. The molecular formula is C18H19N3O3S. The summed E-state index contributed by atoms with van der Waals surface area (Å²) in [6.45, 7) is 2.30. The summed E-state index contributed by atoms with van der Waals surface area (Å²) in [6.07, 6.45) is 5.26. The summed E-state index contributed by atoms with van der Waals surface area (Å²) in [5, 5.41) is 12.7. The van der Waals surface area contributed by atoms with Crippen LogP contribution in [0, 0.1) is 11.3 Å². The molecule has 1 aliphatic rings. The number of nitrogens with zero attached hydrogens (tertiary/aromatic N) is 2. The zero-order valence-electron chi connectivity index (χ0n) is 14.0. The summed E-state index contributed by atoms with van der Waals surface area (Å²) < 4.78 is 6.71. The number of nitriles is 1. The molecule has 0 unspecified atom stereocenters. The van der Waals surface area contributed by atoms with E-state index in [0.717, 1.165) is 31.2 Å². The van der Waals surface area contributed by atoms with Crippen molar-refractivity contribution >= 4 is 22.2 Å². The molecule has 2 aromatic heterocycles. The van der Waals surface area contributed by atoms with Crippen LogP contribution in [0.25, 0.3) is 0 Å². The van der Waals surface area contributed by atoms with E-state index in [9.17, 15) is 14.9 Å². The van der Waals surface area contributed by atoms with E-state index in [2.05, 4.69) is 11.4 Å². The molecule has 0 spiro atoms. The van der Waals surface area contributed by atoms with Crippen molar-refractivity contribution in [1.82, 2.24) is 4.57 Å². The Morgan fingerprint density at radius 2 is 2.32 bits per heavy atom. The van der Waals surface area contributed by atoms with E-state index in [1.54, 1.807) is 18.3 Å². The van der Waals surface area contributed by atoms with Gasteiger partial charge in [-0.1, -0.05) is 6.92 Å². The Bertz CT molecular complexity index is 892. The Balaban J connectivity index is 1.74. The Hall–Kier alpha value is -2.59. The summed E-state index contributed by atoms with van der Waals surface area (Å²) in [6, 6.07) is 5.48. The van der Waals surface area contributed by atoms with Crippen LogP contribution in [-0.2, 0) is 24.2 Å².